The van der Waals surface area contributed by atoms with Gasteiger partial charge in [0.15, 0.2) is 0 Å². The lowest BCUT2D eigenvalue weighted by molar-refractivity contribution is 0.141. The minimum atomic E-state index is -0.127. The lowest BCUT2D eigenvalue weighted by Gasteiger charge is -2.32. The van der Waals surface area contributed by atoms with Crippen LogP contribution in [0.15, 0.2) is 11.1 Å². The van der Waals surface area contributed by atoms with Crippen LogP contribution < -0.4 is 5.69 Å². The monoisotopic (exact) mass is 249 g/mol. The van der Waals surface area contributed by atoms with Crippen LogP contribution in [0, 0.1) is 0 Å². The van der Waals surface area contributed by atoms with Gasteiger partial charge in [0, 0.05) is 13.1 Å². The molecule has 2 aromatic heterocycles. The number of H-pyrrole nitrogens is 2. The fourth-order valence-electron chi connectivity index (χ4n) is 2.46. The third-order valence-electron chi connectivity index (χ3n) is 3.37. The second-order valence-electron chi connectivity index (χ2n) is 4.36. The van der Waals surface area contributed by atoms with Crippen molar-refractivity contribution in [2.45, 2.75) is 32.5 Å². The maximum atomic E-state index is 11.4. The van der Waals surface area contributed by atoms with E-state index < -0.39 is 0 Å². The molecule has 18 heavy (non-hydrogen) atoms. The van der Waals surface area contributed by atoms with Gasteiger partial charge in [-0.3, -0.25) is 14.6 Å². The molecule has 0 saturated heterocycles. The fourth-order valence-corrected chi connectivity index (χ4v) is 2.46. The second kappa shape index (κ2) is 4.37. The van der Waals surface area contributed by atoms with Gasteiger partial charge in [0.25, 0.3) is 0 Å². The van der Waals surface area contributed by atoms with Gasteiger partial charge in [-0.1, -0.05) is 6.92 Å². The van der Waals surface area contributed by atoms with Crippen molar-refractivity contribution in [2.75, 3.05) is 6.54 Å². The number of hydrogen-bond donors (Lipinski definition) is 2. The maximum absolute atomic E-state index is 11.4. The lowest BCUT2D eigenvalue weighted by Crippen LogP contribution is -2.39. The molecule has 0 fully saturated rings. The predicted molar refractivity (Wildman–Crippen MR) is 62.7 cm³/mol. The normalized spacial score (nSPS) is 17.6. The first-order chi connectivity index (χ1) is 8.79. The average molecular weight is 249 g/mol. The molecule has 0 aromatic carbocycles. The zero-order valence-corrected chi connectivity index (χ0v) is 10.1. The molecule has 2 N–H and O–H groups in total. The smallest absolute Gasteiger partial charge is 0.284 e. The molecular formula is C10H15N7O. The summed E-state index contributed by atoms with van der Waals surface area (Å²) in [5.74, 6) is 1.65. The summed E-state index contributed by atoms with van der Waals surface area (Å²) in [6, 6.07) is 0.188. The van der Waals surface area contributed by atoms with E-state index in [1.165, 1.54) is 6.33 Å². The van der Waals surface area contributed by atoms with Gasteiger partial charge in [-0.15, -0.1) is 0 Å². The highest BCUT2D eigenvalue weighted by atomic mass is 16.1. The number of rotatable bonds is 3. The second-order valence-corrected chi connectivity index (χ2v) is 4.36. The molecule has 0 radical (unpaired) electrons. The van der Waals surface area contributed by atoms with E-state index in [9.17, 15) is 4.79 Å². The summed E-state index contributed by atoms with van der Waals surface area (Å²) in [6.45, 7) is 4.23. The quantitative estimate of drug-likeness (QED) is 0.775. The molecule has 1 aliphatic rings. The first-order valence-electron chi connectivity index (χ1n) is 6.03. The van der Waals surface area contributed by atoms with Crippen LogP contribution in [0.25, 0.3) is 0 Å². The lowest BCUT2D eigenvalue weighted by atomic mass is 10.1. The third-order valence-corrected chi connectivity index (χ3v) is 3.37. The predicted octanol–water partition coefficient (Wildman–Crippen LogP) is -0.344. The Bertz CT molecular complexity index is 569. The molecule has 0 amide bonds. The van der Waals surface area contributed by atoms with Crippen LogP contribution >= 0.6 is 0 Å². The number of aromatic amines is 2. The van der Waals surface area contributed by atoms with Crippen LogP contribution in [0.1, 0.15) is 31.0 Å². The van der Waals surface area contributed by atoms with E-state index in [0.29, 0.717) is 13.1 Å². The summed E-state index contributed by atoms with van der Waals surface area (Å²) in [4.78, 5) is 17.9. The molecule has 0 aliphatic carbocycles. The molecule has 0 spiro atoms. The van der Waals surface area contributed by atoms with Crippen LogP contribution in [0.4, 0.5) is 0 Å². The zero-order chi connectivity index (χ0) is 12.5. The van der Waals surface area contributed by atoms with E-state index in [1.807, 2.05) is 0 Å². The molecule has 0 saturated carbocycles. The van der Waals surface area contributed by atoms with Crippen molar-refractivity contribution in [2.24, 2.45) is 0 Å². The number of aromatic nitrogens is 6. The fraction of sp³-hybridized carbons (Fsp3) is 0.600. The Morgan fingerprint density at radius 3 is 3.06 bits per heavy atom. The largest absolute Gasteiger partial charge is 0.343 e. The zero-order valence-electron chi connectivity index (χ0n) is 10.1. The maximum Gasteiger partial charge on any atom is 0.343 e. The van der Waals surface area contributed by atoms with Crippen LogP contribution in [-0.4, -0.2) is 41.4 Å². The summed E-state index contributed by atoms with van der Waals surface area (Å²) in [5.41, 5.74) is -0.127. The number of fused-ring (bicyclic) bond motifs is 1. The van der Waals surface area contributed by atoms with Crippen molar-refractivity contribution in [1.82, 2.24) is 34.8 Å². The molecule has 8 heteroatoms. The number of nitrogens with zero attached hydrogens (tertiary/aromatic N) is 5. The van der Waals surface area contributed by atoms with E-state index in [2.05, 4.69) is 37.2 Å². The first kappa shape index (κ1) is 11.1. The average Bonchev–Trinajstić information content (AvgIpc) is 3.01. The van der Waals surface area contributed by atoms with Gasteiger partial charge in [0.2, 0.25) is 0 Å². The highest BCUT2D eigenvalue weighted by Gasteiger charge is 2.27. The summed E-state index contributed by atoms with van der Waals surface area (Å²) in [5, 5.41) is 13.3. The molecule has 2 aromatic rings. The molecule has 3 rings (SSSR count). The van der Waals surface area contributed by atoms with Gasteiger partial charge >= 0.3 is 5.69 Å². The van der Waals surface area contributed by atoms with Crippen molar-refractivity contribution in [3.05, 3.63) is 28.5 Å². The van der Waals surface area contributed by atoms with Gasteiger partial charge in [-0.25, -0.2) is 14.9 Å². The van der Waals surface area contributed by atoms with Gasteiger partial charge in [-0.05, 0) is 6.42 Å². The van der Waals surface area contributed by atoms with Gasteiger partial charge in [0.1, 0.15) is 18.0 Å². The minimum absolute atomic E-state index is 0.127. The molecular weight excluding hydrogens is 234 g/mol. The van der Waals surface area contributed by atoms with E-state index in [4.69, 9.17) is 0 Å². The SMILES string of the molecule is CCC(c1ncn[nH]1)N1CCn2c(n[nH]c2=O)C1. The topological polar surface area (TPSA) is 95.5 Å². The number of nitrogens with one attached hydrogen (secondary N) is 2. The summed E-state index contributed by atoms with van der Waals surface area (Å²) in [7, 11) is 0. The van der Waals surface area contributed by atoms with Crippen molar-refractivity contribution in [3.8, 4) is 0 Å². The highest BCUT2D eigenvalue weighted by molar-refractivity contribution is 4.97. The Hall–Kier alpha value is -1.96. The van der Waals surface area contributed by atoms with Crippen molar-refractivity contribution in [3.63, 3.8) is 0 Å². The van der Waals surface area contributed by atoms with E-state index in [0.717, 1.165) is 24.6 Å². The van der Waals surface area contributed by atoms with Gasteiger partial charge < -0.3 is 0 Å². The van der Waals surface area contributed by atoms with Crippen molar-refractivity contribution >= 4 is 0 Å². The summed E-state index contributed by atoms with van der Waals surface area (Å²) < 4.78 is 1.68. The Morgan fingerprint density at radius 1 is 1.44 bits per heavy atom. The Kier molecular flexibility index (Phi) is 2.71. The van der Waals surface area contributed by atoms with Crippen LogP contribution in [0.2, 0.25) is 0 Å². The molecule has 1 aliphatic heterocycles. The Labute approximate surface area is 103 Å². The standard InChI is InChI=1S/C10H15N7O/c1-2-7(9-11-6-12-14-9)16-3-4-17-8(5-16)13-15-10(17)18/h6-7H,2-5H2,1H3,(H,15,18)(H,11,12,14). The Morgan fingerprint density at radius 2 is 2.33 bits per heavy atom. The molecule has 96 valence electrons. The molecule has 3 heterocycles. The highest BCUT2D eigenvalue weighted by Crippen LogP contribution is 2.23. The van der Waals surface area contributed by atoms with Crippen molar-refractivity contribution in [1.29, 1.82) is 0 Å². The van der Waals surface area contributed by atoms with Crippen LogP contribution in [0.3, 0.4) is 0 Å². The molecule has 8 nitrogen and oxygen atoms in total. The van der Waals surface area contributed by atoms with Crippen LogP contribution in [0.5, 0.6) is 0 Å². The summed E-state index contributed by atoms with van der Waals surface area (Å²) in [6.07, 6.45) is 2.45. The molecule has 1 unspecified atom stereocenters. The third kappa shape index (κ3) is 1.74. The van der Waals surface area contributed by atoms with E-state index in [-0.39, 0.29) is 11.7 Å². The van der Waals surface area contributed by atoms with E-state index >= 15 is 0 Å². The van der Waals surface area contributed by atoms with Crippen LogP contribution in [-0.2, 0) is 13.1 Å². The van der Waals surface area contributed by atoms with Crippen molar-refractivity contribution < 1.29 is 0 Å². The molecule has 1 atom stereocenters. The molecule has 0 bridgehead atoms. The van der Waals surface area contributed by atoms with Gasteiger partial charge in [0.05, 0.1) is 12.6 Å². The summed E-state index contributed by atoms with van der Waals surface area (Å²) >= 11 is 0. The van der Waals surface area contributed by atoms with Gasteiger partial charge in [-0.2, -0.15) is 10.2 Å². The first-order valence-corrected chi connectivity index (χ1v) is 6.03. The van der Waals surface area contributed by atoms with E-state index in [1.54, 1.807) is 4.57 Å². The Balaban J connectivity index is 1.84. The number of hydrogen-bond acceptors (Lipinski definition) is 5. The minimum Gasteiger partial charge on any atom is -0.284 e.